The van der Waals surface area contributed by atoms with E-state index in [4.69, 9.17) is 4.74 Å². The highest BCUT2D eigenvalue weighted by molar-refractivity contribution is 5.92. The van der Waals surface area contributed by atoms with Crippen LogP contribution in [0, 0.1) is 0 Å². The number of carbonyl (C=O) groups is 2. The zero-order valence-electron chi connectivity index (χ0n) is 16.9. The maximum absolute atomic E-state index is 12.8. The molecule has 6 heteroatoms. The van der Waals surface area contributed by atoms with E-state index in [0.29, 0.717) is 25.4 Å². The zero-order chi connectivity index (χ0) is 20.4. The molecule has 0 heterocycles. The van der Waals surface area contributed by atoms with Crippen molar-refractivity contribution in [3.63, 3.8) is 0 Å². The second kappa shape index (κ2) is 11.1. The molecule has 2 rings (SSSR count). The predicted molar refractivity (Wildman–Crippen MR) is 113 cm³/mol. The van der Waals surface area contributed by atoms with Crippen LogP contribution >= 0.6 is 0 Å². The summed E-state index contributed by atoms with van der Waals surface area (Å²) in [5.41, 5.74) is 2.56. The molecule has 0 aliphatic heterocycles. The third-order valence-corrected chi connectivity index (χ3v) is 4.51. The molecule has 6 nitrogen and oxygen atoms in total. The maximum Gasteiger partial charge on any atom is 0.322 e. The normalized spacial score (nSPS) is 10.4. The molecule has 28 heavy (non-hydrogen) atoms. The second-order valence-electron chi connectivity index (χ2n) is 6.66. The number of ether oxygens (including phenoxy) is 1. The highest BCUT2D eigenvalue weighted by Crippen LogP contribution is 2.18. The van der Waals surface area contributed by atoms with Crippen molar-refractivity contribution in [3.05, 3.63) is 60.2 Å². The van der Waals surface area contributed by atoms with Crippen LogP contribution in [0.15, 0.2) is 54.6 Å². The molecular weight excluding hydrogens is 354 g/mol. The molecule has 1 N–H and O–H groups in total. The fourth-order valence-corrected chi connectivity index (χ4v) is 2.76. The van der Waals surface area contributed by atoms with Crippen molar-refractivity contribution in [1.82, 2.24) is 4.90 Å². The van der Waals surface area contributed by atoms with Gasteiger partial charge >= 0.3 is 6.03 Å². The molecule has 0 saturated carbocycles. The number of nitrogens with zero attached hydrogens (tertiary/aromatic N) is 2. The van der Waals surface area contributed by atoms with Crippen molar-refractivity contribution in [3.8, 4) is 0 Å². The smallest absolute Gasteiger partial charge is 0.322 e. The van der Waals surface area contributed by atoms with Crippen molar-refractivity contribution in [2.45, 2.75) is 26.3 Å². The number of anilines is 2. The first-order valence-corrected chi connectivity index (χ1v) is 9.44. The first kappa shape index (κ1) is 21.4. The fraction of sp³-hybridized carbons (Fsp3) is 0.364. The van der Waals surface area contributed by atoms with Gasteiger partial charge in [0.25, 0.3) is 0 Å². The van der Waals surface area contributed by atoms with Crippen LogP contribution in [0.4, 0.5) is 16.2 Å². The molecule has 0 aliphatic carbocycles. The van der Waals surface area contributed by atoms with Gasteiger partial charge in [-0.3, -0.25) is 4.79 Å². The summed E-state index contributed by atoms with van der Waals surface area (Å²) < 4.78 is 5.10. The van der Waals surface area contributed by atoms with Gasteiger partial charge in [0, 0.05) is 52.2 Å². The molecule has 0 spiro atoms. The Kier molecular flexibility index (Phi) is 8.49. The third kappa shape index (κ3) is 6.70. The van der Waals surface area contributed by atoms with Crippen LogP contribution in [0.2, 0.25) is 0 Å². The van der Waals surface area contributed by atoms with Crippen molar-refractivity contribution in [2.75, 3.05) is 37.5 Å². The molecule has 2 aromatic rings. The highest BCUT2D eigenvalue weighted by atomic mass is 16.5. The fourth-order valence-electron chi connectivity index (χ4n) is 2.76. The lowest BCUT2D eigenvalue weighted by Crippen LogP contribution is -2.35. The molecule has 2 aromatic carbocycles. The van der Waals surface area contributed by atoms with Gasteiger partial charge in [-0.1, -0.05) is 30.3 Å². The van der Waals surface area contributed by atoms with Gasteiger partial charge in [-0.15, -0.1) is 0 Å². The number of carbonyl (C=O) groups excluding carboxylic acids is 2. The van der Waals surface area contributed by atoms with E-state index in [1.165, 1.54) is 6.92 Å². The monoisotopic (exact) mass is 383 g/mol. The highest BCUT2D eigenvalue weighted by Gasteiger charge is 2.14. The molecule has 150 valence electrons. The van der Waals surface area contributed by atoms with Crippen molar-refractivity contribution >= 4 is 23.3 Å². The number of hydrogen-bond donors (Lipinski definition) is 1. The lowest BCUT2D eigenvalue weighted by molar-refractivity contribution is -0.116. The van der Waals surface area contributed by atoms with Crippen molar-refractivity contribution in [2.24, 2.45) is 0 Å². The summed E-state index contributed by atoms with van der Waals surface area (Å²) in [5, 5.41) is 2.95. The first-order valence-electron chi connectivity index (χ1n) is 9.44. The molecule has 0 unspecified atom stereocenters. The van der Waals surface area contributed by atoms with Crippen LogP contribution < -0.4 is 10.2 Å². The average Bonchev–Trinajstić information content (AvgIpc) is 2.71. The Morgan fingerprint density at radius 2 is 1.68 bits per heavy atom. The summed E-state index contributed by atoms with van der Waals surface area (Å²) in [6, 6.07) is 17.0. The van der Waals surface area contributed by atoms with Crippen molar-refractivity contribution in [1.29, 1.82) is 0 Å². The number of unbranched alkanes of at least 4 members (excludes halogenated alkanes) is 1. The number of methoxy groups -OCH3 is 1. The molecule has 0 atom stereocenters. The Morgan fingerprint density at radius 1 is 1.00 bits per heavy atom. The molecule has 0 radical (unpaired) electrons. The molecule has 3 amide bonds. The van der Waals surface area contributed by atoms with Crippen LogP contribution in [0.5, 0.6) is 0 Å². The standard InChI is InChI=1S/C22H29N3O3/c1-18(26)24(2)21-13-11-20(12-14-21)23-22(27)25(15-7-8-16-28-3)17-19-9-5-4-6-10-19/h4-6,9-14H,7-8,15-17H2,1-3H3,(H,23,27). The van der Waals surface area contributed by atoms with Gasteiger partial charge in [0.2, 0.25) is 5.91 Å². The van der Waals surface area contributed by atoms with Crippen LogP contribution in [-0.4, -0.2) is 44.1 Å². The predicted octanol–water partition coefficient (Wildman–Crippen LogP) is 4.13. The summed E-state index contributed by atoms with van der Waals surface area (Å²) in [5.74, 6) is -0.0399. The SMILES string of the molecule is COCCCCN(Cc1ccccc1)C(=O)Nc1ccc(N(C)C(C)=O)cc1. The topological polar surface area (TPSA) is 61.9 Å². The molecule has 0 aromatic heterocycles. The minimum absolute atomic E-state index is 0.0399. The van der Waals surface area contributed by atoms with E-state index in [0.717, 1.165) is 24.1 Å². The van der Waals surface area contributed by atoms with Crippen LogP contribution in [0.1, 0.15) is 25.3 Å². The van der Waals surface area contributed by atoms with Gasteiger partial charge in [0.05, 0.1) is 0 Å². The number of benzene rings is 2. The van der Waals surface area contributed by atoms with Crippen LogP contribution in [-0.2, 0) is 16.1 Å². The van der Waals surface area contributed by atoms with E-state index >= 15 is 0 Å². The number of nitrogens with one attached hydrogen (secondary N) is 1. The summed E-state index contributed by atoms with van der Waals surface area (Å²) in [4.78, 5) is 27.6. The van der Waals surface area contributed by atoms with Gasteiger partial charge in [-0.05, 0) is 42.7 Å². The number of rotatable bonds is 9. The summed E-state index contributed by atoms with van der Waals surface area (Å²) in [6.07, 6.45) is 1.78. The lowest BCUT2D eigenvalue weighted by atomic mass is 10.2. The van der Waals surface area contributed by atoms with E-state index in [2.05, 4.69) is 5.32 Å². The molecule has 0 saturated heterocycles. The Hall–Kier alpha value is -2.86. The maximum atomic E-state index is 12.8. The van der Waals surface area contributed by atoms with E-state index in [9.17, 15) is 9.59 Å². The van der Waals surface area contributed by atoms with Gasteiger partial charge in [-0.25, -0.2) is 4.79 Å². The Morgan fingerprint density at radius 3 is 2.29 bits per heavy atom. The van der Waals surface area contributed by atoms with E-state index in [1.807, 2.05) is 42.5 Å². The van der Waals surface area contributed by atoms with Gasteiger partial charge in [0.15, 0.2) is 0 Å². The molecule has 0 bridgehead atoms. The number of urea groups is 1. The molecular formula is C22H29N3O3. The Labute approximate surface area is 167 Å². The average molecular weight is 383 g/mol. The van der Waals surface area contributed by atoms with Gasteiger partial charge in [-0.2, -0.15) is 0 Å². The Balaban J connectivity index is 2.02. The quantitative estimate of drug-likeness (QED) is 0.662. The summed E-state index contributed by atoms with van der Waals surface area (Å²) in [7, 11) is 3.40. The molecule has 0 aliphatic rings. The van der Waals surface area contributed by atoms with E-state index in [1.54, 1.807) is 36.1 Å². The number of amides is 3. The minimum Gasteiger partial charge on any atom is -0.385 e. The lowest BCUT2D eigenvalue weighted by Gasteiger charge is -2.23. The van der Waals surface area contributed by atoms with Crippen LogP contribution in [0.25, 0.3) is 0 Å². The van der Waals surface area contributed by atoms with Crippen LogP contribution in [0.3, 0.4) is 0 Å². The van der Waals surface area contributed by atoms with Gasteiger partial charge in [0.1, 0.15) is 0 Å². The zero-order valence-corrected chi connectivity index (χ0v) is 16.9. The Bertz CT molecular complexity index is 747. The molecule has 0 fully saturated rings. The van der Waals surface area contributed by atoms with Crippen molar-refractivity contribution < 1.29 is 14.3 Å². The summed E-state index contributed by atoms with van der Waals surface area (Å²) >= 11 is 0. The first-order chi connectivity index (χ1) is 13.5. The minimum atomic E-state index is -0.144. The largest absolute Gasteiger partial charge is 0.385 e. The third-order valence-electron chi connectivity index (χ3n) is 4.51. The van der Waals surface area contributed by atoms with E-state index < -0.39 is 0 Å². The summed E-state index contributed by atoms with van der Waals surface area (Å²) in [6.45, 7) is 3.40. The number of hydrogen-bond acceptors (Lipinski definition) is 3. The van der Waals surface area contributed by atoms with E-state index in [-0.39, 0.29) is 11.9 Å². The second-order valence-corrected chi connectivity index (χ2v) is 6.66. The van der Waals surface area contributed by atoms with Gasteiger partial charge < -0.3 is 19.9 Å².